The molecule has 4 atom stereocenters. The first kappa shape index (κ1) is 13.1. The van der Waals surface area contributed by atoms with Gasteiger partial charge in [0.25, 0.3) is 0 Å². The maximum atomic E-state index is 10.6. The van der Waals surface area contributed by atoms with E-state index in [1.165, 1.54) is 28.8 Å². The molecule has 1 fully saturated rings. The number of thiophene rings is 1. The van der Waals surface area contributed by atoms with Gasteiger partial charge in [-0.15, -0.1) is 11.3 Å². The van der Waals surface area contributed by atoms with Crippen molar-refractivity contribution in [1.29, 1.82) is 0 Å². The van der Waals surface area contributed by atoms with Crippen LogP contribution in [0.15, 0.2) is 40.2 Å². The van der Waals surface area contributed by atoms with Crippen molar-refractivity contribution in [2.24, 2.45) is 11.8 Å². The van der Waals surface area contributed by atoms with Crippen molar-refractivity contribution in [3.05, 3.63) is 56.2 Å². The average Bonchev–Trinajstić information content (AvgIpc) is 3.08. The first-order valence-corrected chi connectivity index (χ1v) is 8.85. The number of hydrogen-bond acceptors (Lipinski definition) is 2. The Morgan fingerprint density at radius 2 is 2.10 bits per heavy atom. The molecule has 0 saturated heterocycles. The summed E-state index contributed by atoms with van der Waals surface area (Å²) in [4.78, 5) is 1.28. The molecule has 1 N–H and O–H groups in total. The standard InChI is InChI=1S/C17H17BrOS/c18-15-8-6-11(20-15)9-14(19)17-13-7-5-10-3-1-2-4-12(10)16(13)17/h1-4,6,8,13-14,16-17,19H,5,7,9H2. The Bertz CT molecular complexity index is 635. The monoisotopic (exact) mass is 348 g/mol. The molecule has 0 bridgehead atoms. The molecule has 4 rings (SSSR count). The third-order valence-electron chi connectivity index (χ3n) is 4.87. The zero-order valence-electron chi connectivity index (χ0n) is 11.1. The average molecular weight is 349 g/mol. The van der Waals surface area contributed by atoms with Gasteiger partial charge in [0.1, 0.15) is 0 Å². The highest BCUT2D eigenvalue weighted by Gasteiger charge is 2.55. The Morgan fingerprint density at radius 3 is 2.90 bits per heavy atom. The number of aryl methyl sites for hydroxylation is 1. The zero-order chi connectivity index (χ0) is 13.7. The Kier molecular flexibility index (Phi) is 3.24. The van der Waals surface area contributed by atoms with Crippen molar-refractivity contribution in [3.63, 3.8) is 0 Å². The first-order valence-electron chi connectivity index (χ1n) is 7.24. The van der Waals surface area contributed by atoms with Gasteiger partial charge in [-0.3, -0.25) is 0 Å². The molecule has 0 aliphatic heterocycles. The summed E-state index contributed by atoms with van der Waals surface area (Å²) in [7, 11) is 0. The lowest BCUT2D eigenvalue weighted by molar-refractivity contribution is 0.144. The van der Waals surface area contributed by atoms with Crippen LogP contribution >= 0.6 is 27.3 Å². The quantitative estimate of drug-likeness (QED) is 0.871. The van der Waals surface area contributed by atoms with Gasteiger partial charge in [-0.2, -0.15) is 0 Å². The molecule has 0 radical (unpaired) electrons. The molecule has 20 heavy (non-hydrogen) atoms. The first-order chi connectivity index (χ1) is 9.74. The number of halogens is 1. The summed E-state index contributed by atoms with van der Waals surface area (Å²) in [6, 6.07) is 13.0. The fourth-order valence-electron chi connectivity index (χ4n) is 3.95. The maximum absolute atomic E-state index is 10.6. The molecule has 1 heterocycles. The second-order valence-corrected chi connectivity index (χ2v) is 8.53. The minimum absolute atomic E-state index is 0.193. The second-order valence-electron chi connectivity index (χ2n) is 5.98. The largest absolute Gasteiger partial charge is 0.392 e. The summed E-state index contributed by atoms with van der Waals surface area (Å²) in [6.45, 7) is 0. The number of aliphatic hydroxyl groups is 1. The second kappa shape index (κ2) is 4.97. The summed E-state index contributed by atoms with van der Waals surface area (Å²) in [5, 5.41) is 10.6. The van der Waals surface area contributed by atoms with Crippen molar-refractivity contribution in [3.8, 4) is 0 Å². The molecule has 2 aliphatic rings. The van der Waals surface area contributed by atoms with Gasteiger partial charge >= 0.3 is 0 Å². The van der Waals surface area contributed by atoms with Crippen LogP contribution in [0.2, 0.25) is 0 Å². The van der Waals surface area contributed by atoms with Crippen molar-refractivity contribution < 1.29 is 5.11 Å². The van der Waals surface area contributed by atoms with Crippen molar-refractivity contribution in [1.82, 2.24) is 0 Å². The summed E-state index contributed by atoms with van der Waals surface area (Å²) < 4.78 is 1.15. The molecule has 1 aromatic carbocycles. The minimum Gasteiger partial charge on any atom is -0.392 e. The van der Waals surface area contributed by atoms with Crippen molar-refractivity contribution in [2.45, 2.75) is 31.3 Å². The highest BCUT2D eigenvalue weighted by molar-refractivity contribution is 9.11. The van der Waals surface area contributed by atoms with E-state index in [0.29, 0.717) is 17.8 Å². The minimum atomic E-state index is -0.193. The van der Waals surface area contributed by atoms with Crippen LogP contribution in [0.4, 0.5) is 0 Å². The summed E-state index contributed by atoms with van der Waals surface area (Å²) >= 11 is 5.23. The van der Waals surface area contributed by atoms with Gasteiger partial charge in [0.15, 0.2) is 0 Å². The van der Waals surface area contributed by atoms with E-state index in [-0.39, 0.29) is 6.10 Å². The molecule has 2 aromatic rings. The predicted molar refractivity (Wildman–Crippen MR) is 86.2 cm³/mol. The van der Waals surface area contributed by atoms with Crippen LogP contribution in [0.5, 0.6) is 0 Å². The van der Waals surface area contributed by atoms with E-state index in [1.54, 1.807) is 11.3 Å². The smallest absolute Gasteiger partial charge is 0.0701 e. The lowest BCUT2D eigenvalue weighted by atomic mass is 9.92. The molecule has 3 heteroatoms. The summed E-state index contributed by atoms with van der Waals surface area (Å²) in [6.07, 6.45) is 3.04. The number of benzene rings is 1. The van der Waals surface area contributed by atoms with E-state index in [2.05, 4.69) is 52.3 Å². The normalized spacial score (nSPS) is 28.6. The van der Waals surface area contributed by atoms with Crippen molar-refractivity contribution >= 4 is 27.3 Å². The molecule has 0 amide bonds. The van der Waals surface area contributed by atoms with Gasteiger partial charge < -0.3 is 5.11 Å². The van der Waals surface area contributed by atoms with Crippen LogP contribution in [0.25, 0.3) is 0 Å². The van der Waals surface area contributed by atoms with E-state index in [9.17, 15) is 5.11 Å². The third-order valence-corrected chi connectivity index (χ3v) is 6.52. The third kappa shape index (κ3) is 2.16. The van der Waals surface area contributed by atoms with Crippen LogP contribution < -0.4 is 0 Å². The summed E-state index contributed by atoms with van der Waals surface area (Å²) in [5.41, 5.74) is 3.00. The molecule has 4 unspecified atom stereocenters. The van der Waals surface area contributed by atoms with E-state index >= 15 is 0 Å². The Hall–Kier alpha value is -0.640. The maximum Gasteiger partial charge on any atom is 0.0701 e. The Balaban J connectivity index is 1.52. The highest BCUT2D eigenvalue weighted by atomic mass is 79.9. The number of rotatable bonds is 3. The van der Waals surface area contributed by atoms with Gasteiger partial charge in [0.05, 0.1) is 9.89 Å². The molecular weight excluding hydrogens is 332 g/mol. The van der Waals surface area contributed by atoms with Crippen LogP contribution in [0.1, 0.15) is 28.3 Å². The van der Waals surface area contributed by atoms with Gasteiger partial charge in [-0.25, -0.2) is 0 Å². The fraction of sp³-hybridized carbons (Fsp3) is 0.412. The van der Waals surface area contributed by atoms with E-state index < -0.39 is 0 Å². The lowest BCUT2D eigenvalue weighted by Gasteiger charge is -2.13. The number of aliphatic hydroxyl groups excluding tert-OH is 1. The fourth-order valence-corrected chi connectivity index (χ4v) is 5.48. The SMILES string of the molecule is OC(Cc1ccc(Br)s1)C1C2CCc3ccccc3C21. The van der Waals surface area contributed by atoms with Gasteiger partial charge in [-0.05, 0) is 69.8 Å². The van der Waals surface area contributed by atoms with Gasteiger partial charge in [0.2, 0.25) is 0 Å². The van der Waals surface area contributed by atoms with Crippen molar-refractivity contribution in [2.75, 3.05) is 0 Å². The highest BCUT2D eigenvalue weighted by Crippen LogP contribution is 2.61. The van der Waals surface area contributed by atoms with E-state index in [4.69, 9.17) is 0 Å². The van der Waals surface area contributed by atoms with Crippen LogP contribution in [-0.4, -0.2) is 11.2 Å². The molecule has 1 saturated carbocycles. The number of hydrogen-bond donors (Lipinski definition) is 1. The van der Waals surface area contributed by atoms with E-state index in [1.807, 2.05) is 0 Å². The summed E-state index contributed by atoms with van der Waals surface area (Å²) in [5.74, 6) is 1.79. The molecular formula is C17H17BrOS. The topological polar surface area (TPSA) is 20.2 Å². The molecule has 104 valence electrons. The van der Waals surface area contributed by atoms with Gasteiger partial charge in [0, 0.05) is 11.3 Å². The van der Waals surface area contributed by atoms with E-state index in [0.717, 1.165) is 10.2 Å². The zero-order valence-corrected chi connectivity index (χ0v) is 13.5. The molecule has 2 aliphatic carbocycles. The van der Waals surface area contributed by atoms with Crippen LogP contribution in [0.3, 0.4) is 0 Å². The molecule has 1 nitrogen and oxygen atoms in total. The lowest BCUT2D eigenvalue weighted by Crippen LogP contribution is -2.14. The van der Waals surface area contributed by atoms with Gasteiger partial charge in [-0.1, -0.05) is 24.3 Å². The predicted octanol–water partition coefficient (Wildman–Crippen LogP) is 4.39. The van der Waals surface area contributed by atoms with Crippen LogP contribution in [-0.2, 0) is 12.8 Å². The van der Waals surface area contributed by atoms with Crippen LogP contribution in [0, 0.1) is 11.8 Å². The Morgan fingerprint density at radius 1 is 1.25 bits per heavy atom. The molecule has 1 aromatic heterocycles. The molecule has 0 spiro atoms. The number of fused-ring (bicyclic) bond motifs is 3. The Labute approximate surface area is 131 Å².